The summed E-state index contributed by atoms with van der Waals surface area (Å²) >= 11 is 14.6. The van der Waals surface area contributed by atoms with Crippen LogP contribution >= 0.6 is 34.5 Å². The fourth-order valence-electron chi connectivity index (χ4n) is 3.52. The number of halogens is 2. The van der Waals surface area contributed by atoms with E-state index in [2.05, 4.69) is 46.6 Å². The highest BCUT2D eigenvalue weighted by molar-refractivity contribution is 7.19. The number of hydrogen-bond acceptors (Lipinski definition) is 3. The van der Waals surface area contributed by atoms with Crippen LogP contribution in [0.3, 0.4) is 0 Å². The van der Waals surface area contributed by atoms with Gasteiger partial charge < -0.3 is 5.32 Å². The van der Waals surface area contributed by atoms with Gasteiger partial charge in [-0.25, -0.2) is 0 Å². The lowest BCUT2D eigenvalue weighted by atomic mass is 10.0. The van der Waals surface area contributed by atoms with Crippen molar-refractivity contribution >= 4 is 44.6 Å². The maximum Gasteiger partial charge on any atom is 0.0711 e. The molecular weight excluding hydrogens is 371 g/mol. The Morgan fingerprint density at radius 2 is 1.88 bits per heavy atom. The van der Waals surface area contributed by atoms with Gasteiger partial charge in [0.1, 0.15) is 0 Å². The van der Waals surface area contributed by atoms with Crippen LogP contribution in [0.4, 0.5) is 0 Å². The Labute approximate surface area is 162 Å². The van der Waals surface area contributed by atoms with Crippen LogP contribution in [0.5, 0.6) is 0 Å². The lowest BCUT2D eigenvalue weighted by Gasteiger charge is -2.30. The highest BCUT2D eigenvalue weighted by atomic mass is 35.5. The third kappa shape index (κ3) is 3.71. The standard InChI is InChI=1S/C20H20Cl2N2S/c21-15-6-7-16(17(22)13-15)20(24-10-3-8-23-9-11-24)19-12-14-4-1-2-5-18(14)25-19/h1-2,4-7,12-13,20,23H,3,8-11H2. The topological polar surface area (TPSA) is 15.3 Å². The van der Waals surface area contributed by atoms with Gasteiger partial charge in [0.25, 0.3) is 0 Å². The molecule has 4 rings (SSSR count). The molecule has 1 aromatic heterocycles. The number of benzene rings is 2. The second-order valence-corrected chi connectivity index (χ2v) is 8.35. The first-order valence-electron chi connectivity index (χ1n) is 8.60. The average molecular weight is 391 g/mol. The molecule has 1 aliphatic rings. The van der Waals surface area contributed by atoms with Gasteiger partial charge in [-0.05, 0) is 48.2 Å². The zero-order valence-electron chi connectivity index (χ0n) is 13.8. The molecule has 130 valence electrons. The molecule has 0 saturated carbocycles. The molecule has 2 nitrogen and oxygen atoms in total. The molecule has 1 fully saturated rings. The van der Waals surface area contributed by atoms with E-state index in [0.29, 0.717) is 5.02 Å². The molecule has 2 heterocycles. The Kier molecular flexibility index (Phi) is 5.30. The Morgan fingerprint density at radius 3 is 2.72 bits per heavy atom. The molecule has 0 radical (unpaired) electrons. The molecule has 5 heteroatoms. The molecule has 1 saturated heterocycles. The van der Waals surface area contributed by atoms with Crippen molar-refractivity contribution in [1.29, 1.82) is 0 Å². The molecule has 1 unspecified atom stereocenters. The van der Waals surface area contributed by atoms with Gasteiger partial charge in [0.05, 0.1) is 6.04 Å². The van der Waals surface area contributed by atoms with Crippen molar-refractivity contribution in [2.45, 2.75) is 12.5 Å². The zero-order valence-corrected chi connectivity index (χ0v) is 16.2. The number of nitrogens with one attached hydrogen (secondary N) is 1. The minimum atomic E-state index is 0.169. The third-order valence-electron chi connectivity index (χ3n) is 4.71. The van der Waals surface area contributed by atoms with Gasteiger partial charge in [-0.1, -0.05) is 47.5 Å². The first-order chi connectivity index (χ1) is 12.2. The van der Waals surface area contributed by atoms with Crippen molar-refractivity contribution in [3.05, 3.63) is 69.0 Å². The largest absolute Gasteiger partial charge is 0.315 e. The van der Waals surface area contributed by atoms with Crippen LogP contribution < -0.4 is 5.32 Å². The Morgan fingerprint density at radius 1 is 1.00 bits per heavy atom. The van der Waals surface area contributed by atoms with Crippen molar-refractivity contribution in [2.75, 3.05) is 26.2 Å². The molecule has 0 aliphatic carbocycles. The molecule has 0 amide bonds. The number of nitrogens with zero attached hydrogens (tertiary/aromatic N) is 1. The second kappa shape index (κ2) is 7.65. The van der Waals surface area contributed by atoms with E-state index in [1.807, 2.05) is 23.5 Å². The van der Waals surface area contributed by atoms with Gasteiger partial charge in [-0.3, -0.25) is 4.90 Å². The van der Waals surface area contributed by atoms with Gasteiger partial charge in [0.2, 0.25) is 0 Å². The van der Waals surface area contributed by atoms with Gasteiger partial charge in [0, 0.05) is 39.3 Å². The SMILES string of the molecule is Clc1ccc(C(c2cc3ccccc3s2)N2CCCNCC2)c(Cl)c1. The fourth-order valence-corrected chi connectivity index (χ4v) is 5.25. The van der Waals surface area contributed by atoms with Crippen molar-refractivity contribution in [3.63, 3.8) is 0 Å². The molecule has 1 aliphatic heterocycles. The summed E-state index contributed by atoms with van der Waals surface area (Å²) in [4.78, 5) is 3.88. The second-order valence-electron chi connectivity index (χ2n) is 6.39. The molecule has 0 bridgehead atoms. The van der Waals surface area contributed by atoms with E-state index >= 15 is 0 Å². The highest BCUT2D eigenvalue weighted by Gasteiger charge is 2.26. The smallest absolute Gasteiger partial charge is 0.0711 e. The maximum atomic E-state index is 6.61. The molecule has 2 aromatic carbocycles. The quantitative estimate of drug-likeness (QED) is 0.626. The number of rotatable bonds is 3. The molecule has 25 heavy (non-hydrogen) atoms. The minimum absolute atomic E-state index is 0.169. The molecule has 1 N–H and O–H groups in total. The van der Waals surface area contributed by atoms with Gasteiger partial charge in [0.15, 0.2) is 0 Å². The lowest BCUT2D eigenvalue weighted by molar-refractivity contribution is 0.244. The van der Waals surface area contributed by atoms with E-state index in [-0.39, 0.29) is 6.04 Å². The third-order valence-corrected chi connectivity index (χ3v) is 6.44. The van der Waals surface area contributed by atoms with E-state index in [9.17, 15) is 0 Å². The van der Waals surface area contributed by atoms with Crippen LogP contribution in [-0.2, 0) is 0 Å². The lowest BCUT2D eigenvalue weighted by Crippen LogP contribution is -2.32. The average Bonchev–Trinajstić information content (AvgIpc) is 2.84. The van der Waals surface area contributed by atoms with Crippen LogP contribution in [0.2, 0.25) is 10.0 Å². The Bertz CT molecular complexity index is 836. The van der Waals surface area contributed by atoms with E-state index in [0.717, 1.165) is 43.2 Å². The fraction of sp³-hybridized carbons (Fsp3) is 0.300. The number of hydrogen-bond donors (Lipinski definition) is 1. The van der Waals surface area contributed by atoms with Crippen LogP contribution in [0, 0.1) is 0 Å². The summed E-state index contributed by atoms with van der Waals surface area (Å²) in [6.45, 7) is 4.15. The number of fused-ring (bicyclic) bond motifs is 1. The summed E-state index contributed by atoms with van der Waals surface area (Å²) in [5.74, 6) is 0. The zero-order chi connectivity index (χ0) is 17.2. The van der Waals surface area contributed by atoms with Crippen LogP contribution in [-0.4, -0.2) is 31.1 Å². The summed E-state index contributed by atoms with van der Waals surface area (Å²) in [6, 6.07) is 16.9. The Balaban J connectivity index is 1.82. The predicted octanol–water partition coefficient (Wildman–Crippen LogP) is 5.59. The Hall–Kier alpha value is -1.10. The molecule has 1 atom stereocenters. The molecular formula is C20H20Cl2N2S. The van der Waals surface area contributed by atoms with E-state index in [1.54, 1.807) is 0 Å². The first-order valence-corrected chi connectivity index (χ1v) is 10.2. The number of thiophene rings is 1. The van der Waals surface area contributed by atoms with Gasteiger partial charge >= 0.3 is 0 Å². The van der Waals surface area contributed by atoms with E-state index < -0.39 is 0 Å². The van der Waals surface area contributed by atoms with Gasteiger partial charge in [-0.2, -0.15) is 0 Å². The molecule has 0 spiro atoms. The van der Waals surface area contributed by atoms with Gasteiger partial charge in [-0.15, -0.1) is 11.3 Å². The highest BCUT2D eigenvalue weighted by Crippen LogP contribution is 2.40. The first kappa shape index (κ1) is 17.3. The summed E-state index contributed by atoms with van der Waals surface area (Å²) in [7, 11) is 0. The van der Waals surface area contributed by atoms with Crippen LogP contribution in [0.1, 0.15) is 22.9 Å². The van der Waals surface area contributed by atoms with Crippen molar-refractivity contribution in [2.24, 2.45) is 0 Å². The van der Waals surface area contributed by atoms with Crippen molar-refractivity contribution in [3.8, 4) is 0 Å². The maximum absolute atomic E-state index is 6.61. The van der Waals surface area contributed by atoms with Crippen LogP contribution in [0.25, 0.3) is 10.1 Å². The minimum Gasteiger partial charge on any atom is -0.315 e. The normalized spacial score (nSPS) is 17.5. The van der Waals surface area contributed by atoms with E-state index in [4.69, 9.17) is 23.2 Å². The summed E-state index contributed by atoms with van der Waals surface area (Å²) in [5, 5.41) is 6.21. The van der Waals surface area contributed by atoms with Crippen molar-refractivity contribution in [1.82, 2.24) is 10.2 Å². The molecule has 3 aromatic rings. The monoisotopic (exact) mass is 390 g/mol. The van der Waals surface area contributed by atoms with Crippen molar-refractivity contribution < 1.29 is 0 Å². The summed E-state index contributed by atoms with van der Waals surface area (Å²) in [5.41, 5.74) is 1.14. The summed E-state index contributed by atoms with van der Waals surface area (Å²) < 4.78 is 1.32. The predicted molar refractivity (Wildman–Crippen MR) is 109 cm³/mol. The summed E-state index contributed by atoms with van der Waals surface area (Å²) in [6.07, 6.45) is 1.15. The van der Waals surface area contributed by atoms with Crippen LogP contribution in [0.15, 0.2) is 48.5 Å². The van der Waals surface area contributed by atoms with E-state index in [1.165, 1.54) is 15.0 Å².